The lowest BCUT2D eigenvalue weighted by molar-refractivity contribution is -0.116. The number of aromatic nitrogens is 3. The maximum Gasteiger partial charge on any atom is 0.407 e. The second-order valence-corrected chi connectivity index (χ2v) is 18.9. The van der Waals surface area contributed by atoms with E-state index in [4.69, 9.17) is 49.8 Å². The molecule has 68 heavy (non-hydrogen) atoms. The zero-order chi connectivity index (χ0) is 48.7. The highest BCUT2D eigenvalue weighted by atomic mass is 35.5. The molecule has 1 aliphatic rings. The largest absolute Gasteiger partial charge is 0.491 e. The van der Waals surface area contributed by atoms with Crippen LogP contribution in [0.25, 0.3) is 5.00 Å². The maximum atomic E-state index is 13.5. The van der Waals surface area contributed by atoms with Crippen LogP contribution in [0.5, 0.6) is 5.75 Å². The molecule has 3 N–H and O–H groups in total. The van der Waals surface area contributed by atoms with E-state index in [9.17, 15) is 9.59 Å². The Morgan fingerprint density at radius 3 is 1.97 bits per heavy atom. The number of amides is 2. The third-order valence-electron chi connectivity index (χ3n) is 10.6. The van der Waals surface area contributed by atoms with Gasteiger partial charge in [-0.1, -0.05) is 23.7 Å². The number of hydrogen-bond acceptors (Lipinski definition) is 15. The number of nitrogens with one attached hydrogen (secondary N) is 3. The van der Waals surface area contributed by atoms with Crippen molar-refractivity contribution in [1.82, 2.24) is 30.3 Å². The highest BCUT2D eigenvalue weighted by Crippen LogP contribution is 2.39. The molecule has 2 amide bonds. The number of ether oxygens (including phenoxy) is 7. The molecule has 4 aromatic rings. The third-order valence-corrected chi connectivity index (χ3v) is 12.0. The quantitative estimate of drug-likeness (QED) is 0.0435. The van der Waals surface area contributed by atoms with Gasteiger partial charge in [-0.05, 0) is 123 Å². The summed E-state index contributed by atoms with van der Waals surface area (Å²) in [6, 6.07) is 14.3. The van der Waals surface area contributed by atoms with E-state index in [-0.39, 0.29) is 18.4 Å². The Morgan fingerprint density at radius 1 is 0.765 bits per heavy atom. The Hall–Kier alpha value is -4.50. The van der Waals surface area contributed by atoms with Gasteiger partial charge in [0.05, 0.1) is 78.2 Å². The fourth-order valence-corrected chi connectivity index (χ4v) is 8.40. The number of carbonyl (C=O) groups excluding carboxylic acids is 2. The predicted molar refractivity (Wildman–Crippen MR) is 266 cm³/mol. The number of aryl methyl sites for hydroxylation is 2. The third kappa shape index (κ3) is 18.8. The molecule has 0 aliphatic carbocycles. The van der Waals surface area contributed by atoms with Crippen molar-refractivity contribution < 1.29 is 42.7 Å². The molecule has 0 unspecified atom stereocenters. The van der Waals surface area contributed by atoms with Crippen molar-refractivity contribution in [3.05, 3.63) is 86.8 Å². The molecular weight excluding hydrogens is 912 g/mol. The lowest BCUT2D eigenvalue weighted by Crippen LogP contribution is -2.34. The summed E-state index contributed by atoms with van der Waals surface area (Å²) in [7, 11) is 2.09. The number of benzene rings is 2. The van der Waals surface area contributed by atoms with Crippen molar-refractivity contribution in [2.24, 2.45) is 4.99 Å². The Morgan fingerprint density at radius 2 is 1.35 bits per heavy atom. The zero-order valence-corrected chi connectivity index (χ0v) is 42.4. The first kappa shape index (κ1) is 54.4. The van der Waals surface area contributed by atoms with Crippen LogP contribution in [-0.2, 0) is 33.2 Å². The van der Waals surface area contributed by atoms with Gasteiger partial charge in [0.15, 0.2) is 5.82 Å². The average Bonchev–Trinajstić information content (AvgIpc) is 3.78. The second-order valence-electron chi connectivity index (χ2n) is 17.3. The molecule has 2 aromatic heterocycles. The summed E-state index contributed by atoms with van der Waals surface area (Å²) in [6.07, 6.45) is 1.62. The zero-order valence-electron chi connectivity index (χ0n) is 40.8. The summed E-state index contributed by atoms with van der Waals surface area (Å²) in [4.78, 5) is 33.8. The molecule has 0 saturated carbocycles. The number of nitrogens with zero attached hydrogens (tertiary/aromatic N) is 5. The Bertz CT molecular complexity index is 2160. The lowest BCUT2D eigenvalue weighted by atomic mass is 9.99. The van der Waals surface area contributed by atoms with Crippen molar-refractivity contribution in [2.75, 3.05) is 118 Å². The van der Waals surface area contributed by atoms with Crippen molar-refractivity contribution in [3.8, 4) is 10.8 Å². The molecule has 374 valence electrons. The van der Waals surface area contributed by atoms with Crippen molar-refractivity contribution >= 4 is 46.3 Å². The SMILES string of the molecule is Cc1sc2c(c1C)C(c1ccc(Cl)cc1)=N[C@@H](CC(=O)Nc1ccc(OCCOCCOCCOCCOCCOCCNCCCN(C)CCCNC(=O)OC(C)(C)C)cc1)c1nnc(C)n1-2. The van der Waals surface area contributed by atoms with E-state index in [1.54, 1.807) is 11.3 Å². The van der Waals surface area contributed by atoms with Crippen LogP contribution in [0, 0.1) is 20.8 Å². The number of fused-ring (bicyclic) bond motifs is 3. The lowest BCUT2D eigenvalue weighted by Gasteiger charge is -2.20. The minimum absolute atomic E-state index is 0.0728. The van der Waals surface area contributed by atoms with E-state index in [0.29, 0.717) is 102 Å². The molecule has 0 saturated heterocycles. The van der Waals surface area contributed by atoms with Crippen molar-refractivity contribution in [2.45, 2.75) is 72.4 Å². The molecular formula is C49H71ClN8O9S. The van der Waals surface area contributed by atoms with E-state index >= 15 is 0 Å². The van der Waals surface area contributed by atoms with Gasteiger partial charge in [0, 0.05) is 39.8 Å². The van der Waals surface area contributed by atoms with Crippen LogP contribution in [0.4, 0.5) is 10.5 Å². The molecule has 0 radical (unpaired) electrons. The van der Waals surface area contributed by atoms with Gasteiger partial charge in [-0.25, -0.2) is 4.79 Å². The van der Waals surface area contributed by atoms with Crippen LogP contribution in [-0.4, -0.2) is 155 Å². The van der Waals surface area contributed by atoms with E-state index < -0.39 is 11.6 Å². The summed E-state index contributed by atoms with van der Waals surface area (Å²) >= 11 is 7.92. The molecule has 17 nitrogen and oxygen atoms in total. The predicted octanol–water partition coefficient (Wildman–Crippen LogP) is 7.12. The number of rotatable bonds is 31. The topological polar surface area (TPSA) is 181 Å². The van der Waals surface area contributed by atoms with Crippen molar-refractivity contribution in [3.63, 3.8) is 0 Å². The maximum absolute atomic E-state index is 13.5. The highest BCUT2D eigenvalue weighted by Gasteiger charge is 2.32. The van der Waals surface area contributed by atoms with Crippen LogP contribution in [0.2, 0.25) is 5.02 Å². The number of aliphatic imine (C=N–C) groups is 1. The minimum Gasteiger partial charge on any atom is -0.491 e. The van der Waals surface area contributed by atoms with Gasteiger partial charge in [-0.3, -0.25) is 14.4 Å². The first-order valence-corrected chi connectivity index (χ1v) is 24.6. The summed E-state index contributed by atoms with van der Waals surface area (Å²) in [5.74, 6) is 1.83. The number of thiophene rings is 1. The summed E-state index contributed by atoms with van der Waals surface area (Å²) in [5, 5.41) is 19.7. The van der Waals surface area contributed by atoms with Gasteiger partial charge in [0.2, 0.25) is 5.91 Å². The Balaban J connectivity index is 0.834. The normalized spacial score (nSPS) is 13.5. The van der Waals surface area contributed by atoms with Crippen LogP contribution < -0.4 is 20.7 Å². The number of halogens is 1. The molecule has 19 heteroatoms. The summed E-state index contributed by atoms with van der Waals surface area (Å²) in [6.45, 7) is 21.2. The molecule has 0 spiro atoms. The molecule has 1 aliphatic heterocycles. The molecule has 5 rings (SSSR count). The van der Waals surface area contributed by atoms with Gasteiger partial charge in [-0.15, -0.1) is 21.5 Å². The first-order valence-electron chi connectivity index (χ1n) is 23.4. The fourth-order valence-electron chi connectivity index (χ4n) is 7.06. The summed E-state index contributed by atoms with van der Waals surface area (Å²) < 4.78 is 41.1. The van der Waals surface area contributed by atoms with Gasteiger partial charge < -0.3 is 54.0 Å². The number of carbonyl (C=O) groups is 2. The minimum atomic E-state index is -0.568. The van der Waals surface area contributed by atoms with Crippen LogP contribution in [0.1, 0.15) is 79.3 Å². The number of anilines is 1. The van der Waals surface area contributed by atoms with Gasteiger partial charge >= 0.3 is 6.09 Å². The van der Waals surface area contributed by atoms with Crippen LogP contribution in [0.3, 0.4) is 0 Å². The van der Waals surface area contributed by atoms with E-state index in [1.165, 1.54) is 4.88 Å². The van der Waals surface area contributed by atoms with Gasteiger partial charge in [0.1, 0.15) is 34.8 Å². The first-order chi connectivity index (χ1) is 32.8. The molecule has 2 aromatic carbocycles. The van der Waals surface area contributed by atoms with Crippen molar-refractivity contribution in [1.29, 1.82) is 0 Å². The molecule has 0 fully saturated rings. The van der Waals surface area contributed by atoms with Gasteiger partial charge in [0.25, 0.3) is 0 Å². The van der Waals surface area contributed by atoms with E-state index in [1.807, 2.05) is 80.8 Å². The van der Waals surface area contributed by atoms with Crippen LogP contribution in [0.15, 0.2) is 53.5 Å². The van der Waals surface area contributed by atoms with Gasteiger partial charge in [-0.2, -0.15) is 0 Å². The number of alkyl carbamates (subject to hydrolysis) is 1. The molecule has 0 bridgehead atoms. The van der Waals surface area contributed by atoms with E-state index in [2.05, 4.69) is 51.9 Å². The summed E-state index contributed by atoms with van der Waals surface area (Å²) in [5.41, 5.74) is 4.03. The van der Waals surface area contributed by atoms with Crippen LogP contribution >= 0.6 is 22.9 Å². The molecule has 1 atom stereocenters. The average molecular weight is 984 g/mol. The highest BCUT2D eigenvalue weighted by molar-refractivity contribution is 7.15. The Labute approximate surface area is 410 Å². The Kier molecular flexibility index (Phi) is 23.1. The smallest absolute Gasteiger partial charge is 0.407 e. The molecule has 3 heterocycles. The standard InChI is InChI=1S/C49H71ClN8O9S/c1-35-36(2)68-47-44(35)45(38-10-12-39(50)13-11-38)54-42(46-56-55-37(3)58(46)47)34-43(59)53-40-14-16-41(17-15-40)66-33-32-65-31-30-64-29-28-63-27-26-62-25-24-61-23-20-51-18-8-21-57(7)22-9-19-52-48(60)67-49(4,5)6/h10-17,42,51H,8-9,18-34H2,1-7H3,(H,52,60)(H,53,59)/t42-/m0/s1. The fraction of sp³-hybridized carbons (Fsp3) is 0.571. The second kappa shape index (κ2) is 28.9. The van der Waals surface area contributed by atoms with E-state index in [0.717, 1.165) is 72.2 Å². The monoisotopic (exact) mass is 982 g/mol. The number of hydrogen-bond donors (Lipinski definition) is 3.